The number of aromatic amines is 1. The molecule has 2 aromatic carbocycles. The molecule has 0 fully saturated rings. The molecule has 35 heavy (non-hydrogen) atoms. The quantitative estimate of drug-likeness (QED) is 0.350. The highest BCUT2D eigenvalue weighted by molar-refractivity contribution is 7.13. The number of ether oxygens (including phenoxy) is 1. The monoisotopic (exact) mass is 483 g/mol. The number of aromatic nitrogens is 4. The predicted octanol–water partition coefficient (Wildman–Crippen LogP) is 4.68. The Labute approximate surface area is 204 Å². The number of H-pyrrole nitrogens is 1. The van der Waals surface area contributed by atoms with Gasteiger partial charge in [0.15, 0.2) is 6.61 Å². The van der Waals surface area contributed by atoms with E-state index in [1.165, 1.54) is 22.1 Å². The van der Waals surface area contributed by atoms with Crippen molar-refractivity contribution >= 4 is 23.1 Å². The van der Waals surface area contributed by atoms with Crippen molar-refractivity contribution in [1.29, 1.82) is 0 Å². The van der Waals surface area contributed by atoms with Crippen LogP contribution in [0.3, 0.4) is 0 Å². The second kappa shape index (κ2) is 9.78. The molecule has 0 saturated carbocycles. The number of benzene rings is 2. The number of hydrogen-bond donors (Lipinski definition) is 2. The molecule has 2 N–H and O–H groups in total. The van der Waals surface area contributed by atoms with E-state index in [9.17, 15) is 9.59 Å². The van der Waals surface area contributed by atoms with Crippen LogP contribution in [0.1, 0.15) is 5.56 Å². The first kappa shape index (κ1) is 22.3. The van der Waals surface area contributed by atoms with Crippen LogP contribution in [-0.4, -0.2) is 32.3 Å². The fourth-order valence-electron chi connectivity index (χ4n) is 3.51. The Bertz CT molecular complexity index is 1520. The minimum absolute atomic E-state index is 0.184. The third kappa shape index (κ3) is 5.20. The van der Waals surface area contributed by atoms with E-state index in [4.69, 9.17) is 4.74 Å². The second-order valence-electron chi connectivity index (χ2n) is 7.78. The molecule has 0 bridgehead atoms. The van der Waals surface area contributed by atoms with Crippen LogP contribution in [0.15, 0.2) is 89.0 Å². The van der Waals surface area contributed by atoms with E-state index in [0.717, 1.165) is 16.0 Å². The summed E-state index contributed by atoms with van der Waals surface area (Å²) in [5.74, 6) is 0.787. The number of carbonyl (C=O) groups excluding carboxylic acids is 1. The van der Waals surface area contributed by atoms with E-state index in [1.807, 2.05) is 73.0 Å². The van der Waals surface area contributed by atoms with E-state index in [1.54, 1.807) is 12.1 Å². The van der Waals surface area contributed by atoms with Gasteiger partial charge in [0.05, 0.1) is 10.6 Å². The molecule has 3 heterocycles. The Balaban J connectivity index is 1.47. The molecule has 5 aromatic rings. The van der Waals surface area contributed by atoms with Crippen molar-refractivity contribution in [1.82, 2.24) is 19.7 Å². The summed E-state index contributed by atoms with van der Waals surface area (Å²) in [6, 6.07) is 23.9. The summed E-state index contributed by atoms with van der Waals surface area (Å²) < 4.78 is 7.05. The SMILES string of the molecule is Cc1cccc(OCC(=O)Nc2cc(-c3cccs3)nn2-c2nc(-c3ccccc3)cc(=O)[nH]2)c1. The average molecular weight is 484 g/mol. The van der Waals surface area contributed by atoms with Gasteiger partial charge in [0, 0.05) is 17.7 Å². The van der Waals surface area contributed by atoms with Gasteiger partial charge in [-0.25, -0.2) is 4.98 Å². The van der Waals surface area contributed by atoms with Crippen LogP contribution in [0, 0.1) is 6.92 Å². The molecule has 174 valence electrons. The summed E-state index contributed by atoms with van der Waals surface area (Å²) in [4.78, 5) is 33.5. The zero-order valence-electron chi connectivity index (χ0n) is 18.8. The van der Waals surface area contributed by atoms with Crippen molar-refractivity contribution in [2.75, 3.05) is 11.9 Å². The van der Waals surface area contributed by atoms with Crippen molar-refractivity contribution < 1.29 is 9.53 Å². The number of thiophene rings is 1. The van der Waals surface area contributed by atoms with Gasteiger partial charge in [0.1, 0.15) is 17.3 Å². The highest BCUT2D eigenvalue weighted by Crippen LogP contribution is 2.27. The summed E-state index contributed by atoms with van der Waals surface area (Å²) >= 11 is 1.52. The minimum atomic E-state index is -0.369. The number of hydrogen-bond acceptors (Lipinski definition) is 6. The van der Waals surface area contributed by atoms with Crippen molar-refractivity contribution in [3.05, 3.63) is 100 Å². The molecule has 0 aliphatic heterocycles. The van der Waals surface area contributed by atoms with Crippen LogP contribution in [-0.2, 0) is 4.79 Å². The zero-order valence-corrected chi connectivity index (χ0v) is 19.6. The smallest absolute Gasteiger partial charge is 0.263 e. The Hall–Kier alpha value is -4.50. The van der Waals surface area contributed by atoms with Gasteiger partial charge in [-0.3, -0.25) is 14.6 Å². The lowest BCUT2D eigenvalue weighted by atomic mass is 10.1. The van der Waals surface area contributed by atoms with Gasteiger partial charge in [-0.05, 0) is 36.1 Å². The third-order valence-corrected chi connectivity index (χ3v) is 6.00. The standard InChI is InChI=1S/C26H21N5O3S/c1-17-7-5-10-19(13-17)34-16-25(33)28-23-14-21(22-11-6-12-35-22)30-31(23)26-27-20(15-24(32)29-26)18-8-3-2-4-9-18/h2-15H,16H2,1H3,(H,28,33)(H,27,29,32). The number of nitrogens with one attached hydrogen (secondary N) is 2. The molecule has 0 unspecified atom stereocenters. The Morgan fingerprint density at radius 2 is 1.89 bits per heavy atom. The summed E-state index contributed by atoms with van der Waals surface area (Å²) in [5, 5.41) is 9.40. The molecule has 0 atom stereocenters. The highest BCUT2D eigenvalue weighted by atomic mass is 32.1. The average Bonchev–Trinajstić information content (AvgIpc) is 3.53. The van der Waals surface area contributed by atoms with E-state index in [-0.39, 0.29) is 24.0 Å². The van der Waals surface area contributed by atoms with E-state index < -0.39 is 0 Å². The lowest BCUT2D eigenvalue weighted by molar-refractivity contribution is -0.118. The van der Waals surface area contributed by atoms with Crippen LogP contribution < -0.4 is 15.6 Å². The Kier molecular flexibility index (Phi) is 6.23. The van der Waals surface area contributed by atoms with Crippen LogP contribution >= 0.6 is 11.3 Å². The third-order valence-electron chi connectivity index (χ3n) is 5.11. The summed E-state index contributed by atoms with van der Waals surface area (Å²) in [6.07, 6.45) is 0. The fraction of sp³-hybridized carbons (Fsp3) is 0.0769. The Morgan fingerprint density at radius 1 is 1.03 bits per heavy atom. The maximum atomic E-state index is 12.7. The highest BCUT2D eigenvalue weighted by Gasteiger charge is 2.17. The number of rotatable bonds is 7. The topological polar surface area (TPSA) is 102 Å². The second-order valence-corrected chi connectivity index (χ2v) is 8.73. The molecule has 0 spiro atoms. The van der Waals surface area contributed by atoms with Gasteiger partial charge >= 0.3 is 0 Å². The fourth-order valence-corrected chi connectivity index (χ4v) is 4.19. The normalized spacial score (nSPS) is 10.8. The molecule has 0 radical (unpaired) electrons. The molecule has 0 aliphatic rings. The van der Waals surface area contributed by atoms with Crippen molar-refractivity contribution in [3.8, 4) is 33.5 Å². The zero-order chi connectivity index (χ0) is 24.2. The van der Waals surface area contributed by atoms with Gasteiger partial charge in [0.2, 0.25) is 5.95 Å². The number of aryl methyl sites for hydroxylation is 1. The summed E-state index contributed by atoms with van der Waals surface area (Å²) in [6.45, 7) is 1.77. The van der Waals surface area contributed by atoms with Crippen LogP contribution in [0.5, 0.6) is 5.75 Å². The summed E-state index contributed by atoms with van der Waals surface area (Å²) in [5.41, 5.74) is 2.64. The molecule has 9 heteroatoms. The van der Waals surface area contributed by atoms with Crippen LogP contribution in [0.2, 0.25) is 0 Å². The van der Waals surface area contributed by atoms with Gasteiger partial charge in [0.25, 0.3) is 11.5 Å². The lowest BCUT2D eigenvalue weighted by Crippen LogP contribution is -2.23. The molecular weight excluding hydrogens is 462 g/mol. The van der Waals surface area contributed by atoms with Crippen molar-refractivity contribution in [3.63, 3.8) is 0 Å². The maximum Gasteiger partial charge on any atom is 0.263 e. The molecule has 0 saturated heterocycles. The number of amides is 1. The van der Waals surface area contributed by atoms with Gasteiger partial charge in [-0.1, -0.05) is 48.5 Å². The van der Waals surface area contributed by atoms with Crippen LogP contribution in [0.4, 0.5) is 5.82 Å². The molecule has 8 nitrogen and oxygen atoms in total. The first-order chi connectivity index (χ1) is 17.0. The van der Waals surface area contributed by atoms with Gasteiger partial charge in [-0.2, -0.15) is 9.78 Å². The molecule has 3 aromatic heterocycles. The van der Waals surface area contributed by atoms with Gasteiger partial charge in [-0.15, -0.1) is 11.3 Å². The largest absolute Gasteiger partial charge is 0.484 e. The molecule has 1 amide bonds. The van der Waals surface area contributed by atoms with E-state index in [2.05, 4.69) is 20.4 Å². The van der Waals surface area contributed by atoms with Crippen molar-refractivity contribution in [2.24, 2.45) is 0 Å². The predicted molar refractivity (Wildman–Crippen MR) is 136 cm³/mol. The molecular formula is C26H21N5O3S. The molecule has 5 rings (SSSR count). The lowest BCUT2D eigenvalue weighted by Gasteiger charge is -2.10. The minimum Gasteiger partial charge on any atom is -0.484 e. The Morgan fingerprint density at radius 3 is 2.66 bits per heavy atom. The van der Waals surface area contributed by atoms with Gasteiger partial charge < -0.3 is 10.1 Å². The van der Waals surface area contributed by atoms with E-state index in [0.29, 0.717) is 23.0 Å². The molecule has 0 aliphatic carbocycles. The van der Waals surface area contributed by atoms with E-state index >= 15 is 0 Å². The van der Waals surface area contributed by atoms with Crippen LogP contribution in [0.25, 0.3) is 27.8 Å². The number of anilines is 1. The maximum absolute atomic E-state index is 12.7. The summed E-state index contributed by atoms with van der Waals surface area (Å²) in [7, 11) is 0. The first-order valence-electron chi connectivity index (χ1n) is 10.9. The number of carbonyl (C=O) groups is 1. The first-order valence-corrected chi connectivity index (χ1v) is 11.7. The van der Waals surface area contributed by atoms with Crippen molar-refractivity contribution in [2.45, 2.75) is 6.92 Å². The number of nitrogens with zero attached hydrogens (tertiary/aromatic N) is 3.